The fraction of sp³-hybridized carbons (Fsp3) is 0.333. The summed E-state index contributed by atoms with van der Waals surface area (Å²) in [5, 5.41) is 4.29. The number of nitrogens with one attached hydrogen (secondary N) is 2. The lowest BCUT2D eigenvalue weighted by molar-refractivity contribution is -0.119. The van der Waals surface area contributed by atoms with Crippen molar-refractivity contribution in [2.45, 2.75) is 24.0 Å². The van der Waals surface area contributed by atoms with Crippen molar-refractivity contribution in [1.29, 1.82) is 0 Å². The van der Waals surface area contributed by atoms with Crippen LogP contribution in [0.25, 0.3) is 0 Å². The summed E-state index contributed by atoms with van der Waals surface area (Å²) >= 11 is 1.43. The molecule has 3 amide bonds. The Labute approximate surface area is 105 Å². The van der Waals surface area contributed by atoms with Crippen molar-refractivity contribution in [2.24, 2.45) is 0 Å². The summed E-state index contributed by atoms with van der Waals surface area (Å²) in [6.07, 6.45) is 0. The first-order chi connectivity index (χ1) is 8.02. The quantitative estimate of drug-likeness (QED) is 0.808. The largest absolute Gasteiger partial charge is 0.341 e. The van der Waals surface area contributed by atoms with Crippen LogP contribution in [-0.4, -0.2) is 24.2 Å². The van der Waals surface area contributed by atoms with E-state index in [0.717, 1.165) is 10.5 Å². The van der Waals surface area contributed by atoms with Gasteiger partial charge >= 0.3 is 6.03 Å². The van der Waals surface area contributed by atoms with Gasteiger partial charge in [0.15, 0.2) is 0 Å². The maximum absolute atomic E-state index is 11.6. The number of carbonyl (C=O) groups excluding carboxylic acids is 2. The van der Waals surface area contributed by atoms with Gasteiger partial charge in [-0.15, -0.1) is 11.8 Å². The van der Waals surface area contributed by atoms with Crippen molar-refractivity contribution >= 4 is 23.7 Å². The van der Waals surface area contributed by atoms with E-state index in [1.54, 1.807) is 6.92 Å². The molecular weight excluding hydrogens is 236 g/mol. The molecule has 1 rings (SSSR count). The Kier molecular flexibility index (Phi) is 5.03. The van der Waals surface area contributed by atoms with E-state index in [-0.39, 0.29) is 11.2 Å². The van der Waals surface area contributed by atoms with Gasteiger partial charge < -0.3 is 5.32 Å². The molecule has 0 aliphatic rings. The molecule has 0 aromatic heterocycles. The fourth-order valence-corrected chi connectivity index (χ4v) is 2.21. The number of urea groups is 1. The number of rotatable bonds is 3. The first kappa shape index (κ1) is 13.6. The van der Waals surface area contributed by atoms with Crippen molar-refractivity contribution in [3.8, 4) is 0 Å². The molecule has 0 radical (unpaired) electrons. The van der Waals surface area contributed by atoms with Gasteiger partial charge in [-0.3, -0.25) is 10.1 Å². The van der Waals surface area contributed by atoms with Crippen molar-refractivity contribution < 1.29 is 9.59 Å². The number of hydrogen-bond donors (Lipinski definition) is 2. The van der Waals surface area contributed by atoms with Gasteiger partial charge in [-0.25, -0.2) is 4.79 Å². The van der Waals surface area contributed by atoms with Crippen molar-refractivity contribution in [3.63, 3.8) is 0 Å². The van der Waals surface area contributed by atoms with Crippen molar-refractivity contribution in [1.82, 2.24) is 10.6 Å². The van der Waals surface area contributed by atoms with Gasteiger partial charge in [0.25, 0.3) is 0 Å². The zero-order valence-corrected chi connectivity index (χ0v) is 10.9. The molecule has 0 saturated heterocycles. The maximum atomic E-state index is 11.6. The van der Waals surface area contributed by atoms with Crippen LogP contribution in [-0.2, 0) is 4.79 Å². The van der Waals surface area contributed by atoms with E-state index in [9.17, 15) is 9.59 Å². The third-order valence-electron chi connectivity index (χ3n) is 2.14. The normalized spacial score (nSPS) is 11.7. The Morgan fingerprint density at radius 2 is 2.06 bits per heavy atom. The number of hydrogen-bond acceptors (Lipinski definition) is 3. The lowest BCUT2D eigenvalue weighted by Crippen LogP contribution is -2.41. The molecular formula is C12H16N2O2S. The SMILES string of the molecule is CNC(=O)NC(=O)[C@@H](C)Sc1cccc(C)c1. The molecule has 92 valence electrons. The third-order valence-corrected chi connectivity index (χ3v) is 3.23. The molecule has 5 heteroatoms. The molecule has 1 aromatic rings. The monoisotopic (exact) mass is 252 g/mol. The van der Waals surface area contributed by atoms with Crippen LogP contribution in [0, 0.1) is 6.92 Å². The molecule has 0 aliphatic carbocycles. The Morgan fingerprint density at radius 1 is 1.35 bits per heavy atom. The second-order valence-corrected chi connectivity index (χ2v) is 5.06. The highest BCUT2D eigenvalue weighted by molar-refractivity contribution is 8.00. The Hall–Kier alpha value is -1.49. The highest BCUT2D eigenvalue weighted by Gasteiger charge is 2.16. The first-order valence-corrected chi connectivity index (χ1v) is 6.17. The summed E-state index contributed by atoms with van der Waals surface area (Å²) in [4.78, 5) is 23.6. The number of aryl methyl sites for hydroxylation is 1. The van der Waals surface area contributed by atoms with Gasteiger partial charge in [0.05, 0.1) is 5.25 Å². The van der Waals surface area contributed by atoms with Gasteiger partial charge in [-0.2, -0.15) is 0 Å². The molecule has 1 aromatic carbocycles. The highest BCUT2D eigenvalue weighted by Crippen LogP contribution is 2.23. The Balaban J connectivity index is 2.57. The number of carbonyl (C=O) groups is 2. The first-order valence-electron chi connectivity index (χ1n) is 5.29. The number of thioether (sulfide) groups is 1. The minimum Gasteiger partial charge on any atom is -0.341 e. The summed E-state index contributed by atoms with van der Waals surface area (Å²) < 4.78 is 0. The standard InChI is InChI=1S/C12H16N2O2S/c1-8-5-4-6-10(7-8)17-9(2)11(15)14-12(16)13-3/h4-7,9H,1-3H3,(H2,13,14,15,16)/t9-/m1/s1. The second-order valence-electron chi connectivity index (χ2n) is 3.64. The molecule has 2 N–H and O–H groups in total. The minimum atomic E-state index is -0.480. The number of benzene rings is 1. The van der Waals surface area contributed by atoms with Crippen molar-refractivity contribution in [3.05, 3.63) is 29.8 Å². The van der Waals surface area contributed by atoms with E-state index >= 15 is 0 Å². The average Bonchev–Trinajstić information content (AvgIpc) is 2.28. The van der Waals surface area contributed by atoms with E-state index in [1.807, 2.05) is 31.2 Å². The summed E-state index contributed by atoms with van der Waals surface area (Å²) in [7, 11) is 1.47. The van der Waals surface area contributed by atoms with Gasteiger partial charge in [-0.1, -0.05) is 17.7 Å². The molecule has 0 bridgehead atoms. The minimum absolute atomic E-state index is 0.296. The van der Waals surface area contributed by atoms with Crippen LogP contribution in [0.4, 0.5) is 4.79 Å². The Bertz CT molecular complexity index is 421. The van der Waals surface area contributed by atoms with Gasteiger partial charge in [0.2, 0.25) is 5.91 Å². The van der Waals surface area contributed by atoms with Crippen LogP contribution in [0.1, 0.15) is 12.5 Å². The predicted molar refractivity (Wildman–Crippen MR) is 69.1 cm³/mol. The summed E-state index contributed by atoms with van der Waals surface area (Å²) in [5.74, 6) is -0.296. The third kappa shape index (κ3) is 4.48. The van der Waals surface area contributed by atoms with Crippen LogP contribution in [0.3, 0.4) is 0 Å². The average molecular weight is 252 g/mol. The Morgan fingerprint density at radius 3 is 2.65 bits per heavy atom. The molecule has 0 fully saturated rings. The van der Waals surface area contributed by atoms with Crippen LogP contribution in [0.15, 0.2) is 29.2 Å². The fourth-order valence-electron chi connectivity index (χ4n) is 1.22. The summed E-state index contributed by atoms with van der Waals surface area (Å²) in [5.41, 5.74) is 1.15. The van der Waals surface area contributed by atoms with Crippen LogP contribution >= 0.6 is 11.8 Å². The molecule has 0 saturated carbocycles. The van der Waals surface area contributed by atoms with E-state index in [0.29, 0.717) is 0 Å². The van der Waals surface area contributed by atoms with E-state index in [4.69, 9.17) is 0 Å². The lowest BCUT2D eigenvalue weighted by Gasteiger charge is -2.11. The molecule has 4 nitrogen and oxygen atoms in total. The zero-order valence-electron chi connectivity index (χ0n) is 10.1. The van der Waals surface area contributed by atoms with Crippen LogP contribution < -0.4 is 10.6 Å². The molecule has 1 atom stereocenters. The summed E-state index contributed by atoms with van der Waals surface area (Å²) in [6, 6.07) is 7.42. The van der Waals surface area contributed by atoms with Crippen LogP contribution in [0.5, 0.6) is 0 Å². The smallest absolute Gasteiger partial charge is 0.321 e. The molecule has 0 heterocycles. The molecule has 0 spiro atoms. The number of imide groups is 1. The lowest BCUT2D eigenvalue weighted by atomic mass is 10.2. The van der Waals surface area contributed by atoms with E-state index < -0.39 is 6.03 Å². The van der Waals surface area contributed by atoms with Gasteiger partial charge in [0.1, 0.15) is 0 Å². The number of amides is 3. The molecule has 0 aliphatic heterocycles. The van der Waals surface area contributed by atoms with Gasteiger partial charge in [-0.05, 0) is 26.0 Å². The predicted octanol–water partition coefficient (Wildman–Crippen LogP) is 1.93. The van der Waals surface area contributed by atoms with E-state index in [2.05, 4.69) is 10.6 Å². The zero-order chi connectivity index (χ0) is 12.8. The van der Waals surface area contributed by atoms with Gasteiger partial charge in [0, 0.05) is 11.9 Å². The maximum Gasteiger partial charge on any atom is 0.321 e. The molecule has 17 heavy (non-hydrogen) atoms. The van der Waals surface area contributed by atoms with Crippen molar-refractivity contribution in [2.75, 3.05) is 7.05 Å². The second kappa shape index (κ2) is 6.30. The highest BCUT2D eigenvalue weighted by atomic mass is 32.2. The van der Waals surface area contributed by atoms with E-state index in [1.165, 1.54) is 18.8 Å². The summed E-state index contributed by atoms with van der Waals surface area (Å²) in [6.45, 7) is 3.77. The topological polar surface area (TPSA) is 58.2 Å². The molecule has 0 unspecified atom stereocenters. The van der Waals surface area contributed by atoms with Crippen LogP contribution in [0.2, 0.25) is 0 Å².